The molecule has 0 bridgehead atoms. The Kier molecular flexibility index (Phi) is 4.03. The summed E-state index contributed by atoms with van der Waals surface area (Å²) >= 11 is 4.70. The standard InChI is InChI=1S/C5HClF4O2.K/c6-1-2(11)4(7,8)5(9,10)3(1)12;/h11H;. The third kappa shape index (κ3) is 1.70. The quantitative estimate of drug-likeness (QED) is 0.517. The fourth-order valence-electron chi connectivity index (χ4n) is 0.674. The SMILES string of the molecule is O=C1C(Cl)=C(O)C(F)(F)C1(F)F.[K]. The maximum Gasteiger partial charge on any atom is 0.380 e. The van der Waals surface area contributed by atoms with E-state index in [1.165, 1.54) is 0 Å². The van der Waals surface area contributed by atoms with E-state index in [1.54, 1.807) is 0 Å². The van der Waals surface area contributed by atoms with Crippen molar-refractivity contribution in [2.75, 3.05) is 0 Å². The number of rotatable bonds is 0. The van der Waals surface area contributed by atoms with E-state index in [4.69, 9.17) is 16.7 Å². The monoisotopic (exact) mass is 243 g/mol. The minimum atomic E-state index is -4.94. The second-order valence-electron chi connectivity index (χ2n) is 2.14. The molecule has 0 amide bonds. The van der Waals surface area contributed by atoms with Crippen molar-refractivity contribution in [2.24, 2.45) is 0 Å². The van der Waals surface area contributed by atoms with Gasteiger partial charge in [-0.2, -0.15) is 17.6 Å². The predicted molar refractivity (Wildman–Crippen MR) is 36.2 cm³/mol. The summed E-state index contributed by atoms with van der Waals surface area (Å²) in [6, 6.07) is 0. The number of halogens is 5. The summed E-state index contributed by atoms with van der Waals surface area (Å²) in [5.74, 6) is -14.2. The fourth-order valence-corrected chi connectivity index (χ4v) is 0.912. The van der Waals surface area contributed by atoms with Crippen LogP contribution < -0.4 is 0 Å². The molecule has 2 nitrogen and oxygen atoms in total. The van der Waals surface area contributed by atoms with Crippen LogP contribution in [0.3, 0.4) is 0 Å². The number of carbonyl (C=O) groups is 1. The summed E-state index contributed by atoms with van der Waals surface area (Å²) in [4.78, 5) is 10.3. The number of aliphatic hydroxyl groups is 1. The van der Waals surface area contributed by atoms with E-state index >= 15 is 0 Å². The van der Waals surface area contributed by atoms with Gasteiger partial charge < -0.3 is 5.11 Å². The Bertz CT molecular complexity index is 288. The minimum Gasteiger partial charge on any atom is -0.505 e. The largest absolute Gasteiger partial charge is 0.505 e. The molecule has 0 aromatic carbocycles. The summed E-state index contributed by atoms with van der Waals surface area (Å²) in [6.45, 7) is 0. The van der Waals surface area contributed by atoms with Crippen molar-refractivity contribution >= 4 is 68.8 Å². The van der Waals surface area contributed by atoms with Gasteiger partial charge in [0.05, 0.1) is 0 Å². The van der Waals surface area contributed by atoms with Gasteiger partial charge in [-0.15, -0.1) is 0 Å². The molecular formula is C5HClF4KO2. The van der Waals surface area contributed by atoms with Gasteiger partial charge in [0.15, 0.2) is 5.76 Å². The van der Waals surface area contributed by atoms with Crippen LogP contribution in [0, 0.1) is 0 Å². The molecule has 0 aromatic heterocycles. The first kappa shape index (κ1) is 13.9. The number of aliphatic hydroxyl groups excluding tert-OH is 1. The zero-order chi connectivity index (χ0) is 9.73. The van der Waals surface area contributed by atoms with Crippen LogP contribution in [0.5, 0.6) is 0 Å². The van der Waals surface area contributed by atoms with Crippen molar-refractivity contribution in [1.82, 2.24) is 0 Å². The molecule has 0 atom stereocenters. The number of Topliss-reactive ketones (excluding diaryl/α,β-unsaturated/α-hetero) is 1. The summed E-state index contributed by atoms with van der Waals surface area (Å²) in [6.07, 6.45) is 0. The Morgan fingerprint density at radius 1 is 1.15 bits per heavy atom. The van der Waals surface area contributed by atoms with Crippen molar-refractivity contribution in [3.8, 4) is 0 Å². The van der Waals surface area contributed by atoms with Gasteiger partial charge in [-0.05, 0) is 0 Å². The molecule has 0 saturated carbocycles. The molecule has 1 rings (SSSR count). The van der Waals surface area contributed by atoms with E-state index in [2.05, 4.69) is 0 Å². The normalized spacial score (nSPS) is 24.5. The van der Waals surface area contributed by atoms with Crippen molar-refractivity contribution < 1.29 is 27.5 Å². The third-order valence-corrected chi connectivity index (χ3v) is 1.73. The molecule has 1 radical (unpaired) electrons. The molecule has 0 fully saturated rings. The number of carbonyl (C=O) groups excluding carboxylic acids is 1. The van der Waals surface area contributed by atoms with Gasteiger partial charge in [0.1, 0.15) is 5.03 Å². The Morgan fingerprint density at radius 3 is 1.62 bits per heavy atom. The number of ketones is 1. The van der Waals surface area contributed by atoms with Crippen molar-refractivity contribution in [2.45, 2.75) is 11.8 Å². The van der Waals surface area contributed by atoms with E-state index in [0.717, 1.165) is 0 Å². The predicted octanol–water partition coefficient (Wildman–Crippen LogP) is 1.47. The Hall–Kier alpha value is 0.856. The van der Waals surface area contributed by atoms with Gasteiger partial charge in [0, 0.05) is 51.4 Å². The summed E-state index contributed by atoms with van der Waals surface area (Å²) < 4.78 is 49.0. The zero-order valence-electron chi connectivity index (χ0n) is 6.25. The Balaban J connectivity index is 0.00000144. The second-order valence-corrected chi connectivity index (χ2v) is 2.52. The first-order valence-electron chi connectivity index (χ1n) is 2.62. The molecule has 1 aliphatic rings. The molecule has 0 aromatic rings. The molecule has 0 aliphatic heterocycles. The van der Waals surface area contributed by atoms with Gasteiger partial charge in [-0.3, -0.25) is 4.79 Å². The summed E-state index contributed by atoms with van der Waals surface area (Å²) in [5.41, 5.74) is 0. The Morgan fingerprint density at radius 2 is 1.54 bits per heavy atom. The molecule has 8 heteroatoms. The maximum atomic E-state index is 12.3. The van der Waals surface area contributed by atoms with E-state index in [1.807, 2.05) is 0 Å². The average Bonchev–Trinajstić information content (AvgIpc) is 2.05. The smallest absolute Gasteiger partial charge is 0.380 e. The van der Waals surface area contributed by atoms with E-state index in [9.17, 15) is 22.4 Å². The molecule has 0 unspecified atom stereocenters. The molecule has 1 aliphatic carbocycles. The first-order valence-corrected chi connectivity index (χ1v) is 3.00. The number of alkyl halides is 4. The van der Waals surface area contributed by atoms with Crippen molar-refractivity contribution in [3.05, 3.63) is 10.8 Å². The van der Waals surface area contributed by atoms with E-state index in [0.29, 0.717) is 0 Å². The van der Waals surface area contributed by atoms with Crippen LogP contribution in [0.1, 0.15) is 0 Å². The summed E-state index contributed by atoms with van der Waals surface area (Å²) in [7, 11) is 0. The molecule has 0 spiro atoms. The van der Waals surface area contributed by atoms with Gasteiger partial charge in [-0.1, -0.05) is 11.6 Å². The van der Waals surface area contributed by atoms with Gasteiger partial charge in [0.2, 0.25) is 0 Å². The molecule has 1 N–H and O–H groups in total. The van der Waals surface area contributed by atoms with Crippen LogP contribution in [0.25, 0.3) is 0 Å². The van der Waals surface area contributed by atoms with Gasteiger partial charge >= 0.3 is 11.8 Å². The first-order chi connectivity index (χ1) is 5.23. The fraction of sp³-hybridized carbons (Fsp3) is 0.400. The topological polar surface area (TPSA) is 37.3 Å². The van der Waals surface area contributed by atoms with Crippen LogP contribution in [0.2, 0.25) is 0 Å². The molecular weight excluding hydrogens is 243 g/mol. The summed E-state index contributed by atoms with van der Waals surface area (Å²) in [5, 5.41) is 6.82. The van der Waals surface area contributed by atoms with E-state index < -0.39 is 28.4 Å². The van der Waals surface area contributed by atoms with E-state index in [-0.39, 0.29) is 51.4 Å². The zero-order valence-corrected chi connectivity index (χ0v) is 10.1. The van der Waals surface area contributed by atoms with Crippen molar-refractivity contribution in [1.29, 1.82) is 0 Å². The molecule has 69 valence electrons. The molecule has 0 heterocycles. The molecule has 0 saturated heterocycles. The molecule has 13 heavy (non-hydrogen) atoms. The van der Waals surface area contributed by atoms with Crippen LogP contribution in [-0.4, -0.2) is 74.1 Å². The number of allylic oxidation sites excluding steroid dienone is 2. The van der Waals surface area contributed by atoms with Crippen LogP contribution >= 0.6 is 11.6 Å². The second kappa shape index (κ2) is 3.78. The number of hydrogen-bond donors (Lipinski definition) is 1. The van der Waals surface area contributed by atoms with Crippen LogP contribution in [-0.2, 0) is 4.79 Å². The van der Waals surface area contributed by atoms with Gasteiger partial charge in [0.25, 0.3) is 5.78 Å². The Labute approximate surface area is 117 Å². The van der Waals surface area contributed by atoms with Crippen molar-refractivity contribution in [3.63, 3.8) is 0 Å². The van der Waals surface area contributed by atoms with Crippen LogP contribution in [0.4, 0.5) is 17.6 Å². The minimum absolute atomic E-state index is 0. The third-order valence-electron chi connectivity index (χ3n) is 1.38. The maximum absolute atomic E-state index is 12.3. The van der Waals surface area contributed by atoms with Crippen LogP contribution in [0.15, 0.2) is 10.8 Å². The van der Waals surface area contributed by atoms with Gasteiger partial charge in [-0.25, -0.2) is 0 Å². The number of hydrogen-bond acceptors (Lipinski definition) is 2. The average molecular weight is 244 g/mol.